The second kappa shape index (κ2) is 9.49. The van der Waals surface area contributed by atoms with Crippen molar-refractivity contribution in [2.45, 2.75) is 44.9 Å². The van der Waals surface area contributed by atoms with Crippen molar-refractivity contribution in [3.8, 4) is 28.6 Å². The van der Waals surface area contributed by atoms with Crippen molar-refractivity contribution < 1.29 is 15.3 Å². The Balaban J connectivity index is 1.56. The fourth-order valence-corrected chi connectivity index (χ4v) is 4.56. The molecule has 186 valence electrons. The van der Waals surface area contributed by atoms with Crippen LogP contribution in [0.25, 0.3) is 17.1 Å². The Hall–Kier alpha value is -3.14. The fourth-order valence-electron chi connectivity index (χ4n) is 4.56. The summed E-state index contributed by atoms with van der Waals surface area (Å²) in [5.74, 6) is 0.765. The van der Waals surface area contributed by atoms with E-state index in [0.717, 1.165) is 50.4 Å². The van der Waals surface area contributed by atoms with Crippen LogP contribution in [0.2, 0.25) is 0 Å². The predicted molar refractivity (Wildman–Crippen MR) is 135 cm³/mol. The maximum Gasteiger partial charge on any atom is 0.182 e. The van der Waals surface area contributed by atoms with Crippen LogP contribution in [0.5, 0.6) is 11.5 Å². The fraction of sp³-hybridized carbons (Fsp3) is 0.462. The second-order valence-electron chi connectivity index (χ2n) is 9.95. The Morgan fingerprint density at radius 3 is 2.20 bits per heavy atom. The first-order chi connectivity index (χ1) is 16.8. The number of phenolic OH excluding ortho intramolecular Hbond substituents is 2. The number of aromatic hydroxyl groups is 2. The number of likely N-dealkylation sites (N-methyl/N-ethyl adjacent to an activating group) is 1. The third kappa shape index (κ3) is 4.84. The number of piperazine rings is 1. The molecule has 1 unspecified atom stereocenters. The number of hydrogen-bond donors (Lipinski definition) is 4. The standard InChI is InChI=1S/C26H34N6O3/c1-16(2)20-14-21(23(34)15-22(20)33)24-28-29-25(26(35)27-17-4-5-17)32(24)19-8-6-18(7-9-19)31-12-10-30(3)11-13-31/h6-9,14-17,26-27,33-35H,4-5,10-13H2,1-3H3. The Labute approximate surface area is 205 Å². The van der Waals surface area contributed by atoms with Crippen LogP contribution in [0.15, 0.2) is 36.4 Å². The number of aromatic nitrogens is 3. The average Bonchev–Trinajstić information content (AvgIpc) is 3.54. The molecule has 0 spiro atoms. The van der Waals surface area contributed by atoms with E-state index in [4.69, 9.17) is 0 Å². The van der Waals surface area contributed by atoms with E-state index in [1.807, 2.05) is 26.0 Å². The lowest BCUT2D eigenvalue weighted by molar-refractivity contribution is 0.125. The molecular formula is C26H34N6O3. The van der Waals surface area contributed by atoms with E-state index in [1.54, 1.807) is 10.6 Å². The number of nitrogens with zero attached hydrogens (tertiary/aromatic N) is 5. The molecule has 9 heteroatoms. The van der Waals surface area contributed by atoms with Gasteiger partial charge in [-0.1, -0.05) is 13.8 Å². The quantitative estimate of drug-likeness (QED) is 0.384. The molecule has 2 fully saturated rings. The van der Waals surface area contributed by atoms with E-state index in [9.17, 15) is 15.3 Å². The van der Waals surface area contributed by atoms with Gasteiger partial charge in [0.1, 0.15) is 11.5 Å². The summed E-state index contributed by atoms with van der Waals surface area (Å²) in [5.41, 5.74) is 3.08. The zero-order valence-electron chi connectivity index (χ0n) is 20.5. The maximum atomic E-state index is 10.9. The van der Waals surface area contributed by atoms with Crippen molar-refractivity contribution in [1.82, 2.24) is 25.0 Å². The lowest BCUT2D eigenvalue weighted by Gasteiger charge is -2.34. The smallest absolute Gasteiger partial charge is 0.182 e. The minimum absolute atomic E-state index is 0.0412. The van der Waals surface area contributed by atoms with Crippen molar-refractivity contribution in [3.05, 3.63) is 47.8 Å². The van der Waals surface area contributed by atoms with Crippen LogP contribution < -0.4 is 10.2 Å². The van der Waals surface area contributed by atoms with E-state index in [2.05, 4.69) is 44.5 Å². The highest BCUT2D eigenvalue weighted by Gasteiger charge is 2.29. The normalized spacial score (nSPS) is 17.8. The summed E-state index contributed by atoms with van der Waals surface area (Å²) in [6, 6.07) is 11.5. The summed E-state index contributed by atoms with van der Waals surface area (Å²) < 4.78 is 1.78. The summed E-state index contributed by atoms with van der Waals surface area (Å²) in [4.78, 5) is 4.69. The summed E-state index contributed by atoms with van der Waals surface area (Å²) >= 11 is 0. The highest BCUT2D eigenvalue weighted by Crippen LogP contribution is 2.39. The summed E-state index contributed by atoms with van der Waals surface area (Å²) in [6.07, 6.45) is 1.05. The van der Waals surface area contributed by atoms with Crippen LogP contribution >= 0.6 is 0 Å². The zero-order chi connectivity index (χ0) is 24.7. The number of aliphatic hydroxyl groups is 1. The van der Waals surface area contributed by atoms with Gasteiger partial charge in [0.15, 0.2) is 17.9 Å². The first kappa shape index (κ1) is 23.6. The van der Waals surface area contributed by atoms with Gasteiger partial charge in [-0.05, 0) is 61.7 Å². The lowest BCUT2D eigenvalue weighted by atomic mass is 9.98. The third-order valence-electron chi connectivity index (χ3n) is 6.89. The van der Waals surface area contributed by atoms with Crippen molar-refractivity contribution in [2.75, 3.05) is 38.1 Å². The minimum atomic E-state index is -0.995. The molecule has 2 heterocycles. The van der Waals surface area contributed by atoms with Crippen molar-refractivity contribution >= 4 is 5.69 Å². The molecule has 1 aliphatic carbocycles. The van der Waals surface area contributed by atoms with Gasteiger partial charge >= 0.3 is 0 Å². The van der Waals surface area contributed by atoms with Gasteiger partial charge < -0.3 is 25.1 Å². The van der Waals surface area contributed by atoms with Crippen molar-refractivity contribution in [3.63, 3.8) is 0 Å². The Kier molecular flexibility index (Phi) is 6.39. The molecule has 35 heavy (non-hydrogen) atoms. The number of phenols is 2. The largest absolute Gasteiger partial charge is 0.508 e. The molecule has 1 aliphatic heterocycles. The summed E-state index contributed by atoms with van der Waals surface area (Å²) in [6.45, 7) is 7.96. The van der Waals surface area contributed by atoms with Gasteiger partial charge in [0, 0.05) is 49.7 Å². The van der Waals surface area contributed by atoms with Gasteiger partial charge in [0.05, 0.1) is 5.56 Å². The molecule has 1 saturated carbocycles. The van der Waals surface area contributed by atoms with Crippen LogP contribution in [0.1, 0.15) is 50.2 Å². The van der Waals surface area contributed by atoms with Gasteiger partial charge in [0.25, 0.3) is 0 Å². The van der Waals surface area contributed by atoms with E-state index >= 15 is 0 Å². The molecular weight excluding hydrogens is 444 g/mol. The van der Waals surface area contributed by atoms with E-state index in [0.29, 0.717) is 22.8 Å². The lowest BCUT2D eigenvalue weighted by Crippen LogP contribution is -2.44. The SMILES string of the molecule is CC(C)c1cc(-c2nnc(C(O)NC3CC3)n2-c2ccc(N3CCN(C)CC3)cc2)c(O)cc1O. The molecule has 0 amide bonds. The summed E-state index contributed by atoms with van der Waals surface area (Å²) in [5, 5.41) is 43.9. The summed E-state index contributed by atoms with van der Waals surface area (Å²) in [7, 11) is 2.14. The van der Waals surface area contributed by atoms with Gasteiger partial charge in [0.2, 0.25) is 0 Å². The van der Waals surface area contributed by atoms with Crippen LogP contribution in [0, 0.1) is 0 Å². The Bertz CT molecular complexity index is 1180. The van der Waals surface area contributed by atoms with Crippen molar-refractivity contribution in [2.24, 2.45) is 0 Å². The Morgan fingerprint density at radius 1 is 0.914 bits per heavy atom. The monoisotopic (exact) mass is 478 g/mol. The molecule has 1 saturated heterocycles. The molecule has 3 aromatic rings. The highest BCUT2D eigenvalue weighted by atomic mass is 16.3. The molecule has 1 aromatic heterocycles. The maximum absolute atomic E-state index is 10.9. The van der Waals surface area contributed by atoms with Crippen LogP contribution in [-0.4, -0.2) is 74.3 Å². The molecule has 2 aliphatic rings. The number of rotatable bonds is 7. The predicted octanol–water partition coefficient (Wildman–Crippen LogP) is 2.96. The van der Waals surface area contributed by atoms with Crippen LogP contribution in [0.4, 0.5) is 5.69 Å². The van der Waals surface area contributed by atoms with Crippen LogP contribution in [-0.2, 0) is 0 Å². The minimum Gasteiger partial charge on any atom is -0.508 e. The van der Waals surface area contributed by atoms with E-state index < -0.39 is 6.23 Å². The molecule has 4 N–H and O–H groups in total. The molecule has 9 nitrogen and oxygen atoms in total. The molecule has 1 atom stereocenters. The molecule has 0 bridgehead atoms. The second-order valence-corrected chi connectivity index (χ2v) is 9.95. The van der Waals surface area contributed by atoms with Gasteiger partial charge in [-0.3, -0.25) is 9.88 Å². The number of nitrogens with one attached hydrogen (secondary N) is 1. The van der Waals surface area contributed by atoms with E-state index in [-0.39, 0.29) is 23.5 Å². The van der Waals surface area contributed by atoms with Gasteiger partial charge in [-0.15, -0.1) is 10.2 Å². The number of hydrogen-bond acceptors (Lipinski definition) is 8. The molecule has 5 rings (SSSR count). The average molecular weight is 479 g/mol. The highest BCUT2D eigenvalue weighted by molar-refractivity contribution is 5.69. The topological polar surface area (TPSA) is 110 Å². The Morgan fingerprint density at radius 2 is 1.57 bits per heavy atom. The van der Waals surface area contributed by atoms with E-state index in [1.165, 1.54) is 6.07 Å². The van der Waals surface area contributed by atoms with Gasteiger partial charge in [-0.2, -0.15) is 0 Å². The number of benzene rings is 2. The molecule has 0 radical (unpaired) electrons. The van der Waals surface area contributed by atoms with Gasteiger partial charge in [-0.25, -0.2) is 0 Å². The van der Waals surface area contributed by atoms with Crippen molar-refractivity contribution in [1.29, 1.82) is 0 Å². The number of aliphatic hydroxyl groups excluding tert-OH is 1. The zero-order valence-corrected chi connectivity index (χ0v) is 20.5. The third-order valence-corrected chi connectivity index (χ3v) is 6.89. The molecule has 2 aromatic carbocycles. The first-order valence-electron chi connectivity index (χ1n) is 12.3. The number of anilines is 1. The van der Waals surface area contributed by atoms with Crippen LogP contribution in [0.3, 0.4) is 0 Å². The first-order valence-corrected chi connectivity index (χ1v) is 12.3.